The van der Waals surface area contributed by atoms with Crippen molar-refractivity contribution in [2.75, 3.05) is 12.8 Å². The van der Waals surface area contributed by atoms with E-state index in [2.05, 4.69) is 32.3 Å². The van der Waals surface area contributed by atoms with Crippen LogP contribution in [0.4, 0.5) is 0 Å². The summed E-state index contributed by atoms with van der Waals surface area (Å²) in [5.41, 5.74) is 1.06. The predicted octanol–water partition coefficient (Wildman–Crippen LogP) is 3.43. The van der Waals surface area contributed by atoms with Crippen LogP contribution < -0.4 is 5.32 Å². The topological polar surface area (TPSA) is 32.3 Å². The van der Waals surface area contributed by atoms with E-state index in [0.29, 0.717) is 0 Å². The largest absolute Gasteiger partial charge is 0.324 e. The second-order valence-electron chi connectivity index (χ2n) is 5.75. The number of carbonyl (C=O) groups excluding carboxylic acids is 1. The lowest BCUT2D eigenvalue weighted by Crippen LogP contribution is -2.45. The highest BCUT2D eigenvalue weighted by molar-refractivity contribution is 8.00. The third-order valence-electron chi connectivity index (χ3n) is 4.72. The van der Waals surface area contributed by atoms with Gasteiger partial charge >= 0.3 is 0 Å². The molecule has 1 heterocycles. The first-order chi connectivity index (χ1) is 10.1. The Morgan fingerprint density at radius 3 is 2.38 bits per heavy atom. The molecule has 0 bridgehead atoms. The molecule has 21 heavy (non-hydrogen) atoms. The number of benzene rings is 1. The van der Waals surface area contributed by atoms with Crippen molar-refractivity contribution >= 4 is 17.7 Å². The van der Waals surface area contributed by atoms with E-state index in [1.165, 1.54) is 0 Å². The molecular formula is C17H26N2OS. The van der Waals surface area contributed by atoms with Crippen LogP contribution in [0.15, 0.2) is 30.3 Å². The highest BCUT2D eigenvalue weighted by atomic mass is 32.2. The monoisotopic (exact) mass is 306 g/mol. The third kappa shape index (κ3) is 3.27. The summed E-state index contributed by atoms with van der Waals surface area (Å²) in [6.07, 6.45) is 4.40. The van der Waals surface area contributed by atoms with Crippen molar-refractivity contribution in [1.82, 2.24) is 10.2 Å². The first-order valence-electron chi connectivity index (χ1n) is 7.73. The molecular weight excluding hydrogens is 280 g/mol. The number of nitrogens with one attached hydrogen (secondary N) is 1. The van der Waals surface area contributed by atoms with Crippen molar-refractivity contribution in [3.63, 3.8) is 0 Å². The lowest BCUT2D eigenvalue weighted by Gasteiger charge is -2.35. The van der Waals surface area contributed by atoms with E-state index in [0.717, 1.165) is 24.9 Å². The maximum atomic E-state index is 12.8. The molecule has 2 atom stereocenters. The zero-order chi connectivity index (χ0) is 15.5. The lowest BCUT2D eigenvalue weighted by atomic mass is 10.0. The third-order valence-corrected chi connectivity index (χ3v) is 6.29. The predicted molar refractivity (Wildman–Crippen MR) is 90.3 cm³/mol. The summed E-state index contributed by atoms with van der Waals surface area (Å²) in [5, 5.41) is 3.43. The Labute approximate surface area is 132 Å². The zero-order valence-corrected chi connectivity index (χ0v) is 14.2. The van der Waals surface area contributed by atoms with E-state index in [9.17, 15) is 4.79 Å². The van der Waals surface area contributed by atoms with Crippen molar-refractivity contribution < 1.29 is 4.79 Å². The summed E-state index contributed by atoms with van der Waals surface area (Å²) in [6.45, 7) is 7.33. The molecule has 0 aliphatic carbocycles. The SMILES string of the molecule is CCC(CC)(CN1C(=O)C(c2ccccc2)NC1C)SC. The van der Waals surface area contributed by atoms with E-state index in [1.54, 1.807) is 0 Å². The molecule has 1 aliphatic heterocycles. The maximum Gasteiger partial charge on any atom is 0.245 e. The van der Waals surface area contributed by atoms with E-state index < -0.39 is 0 Å². The molecule has 1 aromatic rings. The van der Waals surface area contributed by atoms with E-state index in [4.69, 9.17) is 0 Å². The Hall–Kier alpha value is -1.00. The van der Waals surface area contributed by atoms with Crippen LogP contribution in [0.25, 0.3) is 0 Å². The Kier molecular flexibility index (Phi) is 5.33. The van der Waals surface area contributed by atoms with E-state index in [-0.39, 0.29) is 22.9 Å². The maximum absolute atomic E-state index is 12.8. The Morgan fingerprint density at radius 1 is 1.24 bits per heavy atom. The normalized spacial score (nSPS) is 22.9. The lowest BCUT2D eigenvalue weighted by molar-refractivity contribution is -0.130. The number of amides is 1. The number of hydrogen-bond donors (Lipinski definition) is 1. The molecule has 1 saturated heterocycles. The first kappa shape index (κ1) is 16.4. The molecule has 1 aliphatic rings. The summed E-state index contributed by atoms with van der Waals surface area (Å²) in [7, 11) is 0. The van der Waals surface area contributed by atoms with Gasteiger partial charge in [-0.3, -0.25) is 10.1 Å². The van der Waals surface area contributed by atoms with E-state index >= 15 is 0 Å². The van der Waals surface area contributed by atoms with Gasteiger partial charge < -0.3 is 4.90 Å². The van der Waals surface area contributed by atoms with Crippen molar-refractivity contribution in [2.24, 2.45) is 0 Å². The summed E-state index contributed by atoms with van der Waals surface area (Å²) >= 11 is 1.88. The first-order valence-corrected chi connectivity index (χ1v) is 8.96. The minimum atomic E-state index is -0.200. The molecule has 0 aromatic heterocycles. The number of nitrogens with zero attached hydrogens (tertiary/aromatic N) is 1. The standard InChI is InChI=1S/C17H26N2OS/c1-5-17(6-2,21-4)12-19-13(3)18-15(16(19)20)14-10-8-7-9-11-14/h7-11,13,15,18H,5-6,12H2,1-4H3. The van der Waals surface area contributed by atoms with Gasteiger partial charge in [0, 0.05) is 11.3 Å². The fourth-order valence-corrected chi connectivity index (χ4v) is 3.84. The highest BCUT2D eigenvalue weighted by Crippen LogP contribution is 2.34. The molecule has 116 valence electrons. The molecule has 2 rings (SSSR count). The average Bonchev–Trinajstić information content (AvgIpc) is 2.81. The summed E-state index contributed by atoms with van der Waals surface area (Å²) in [6, 6.07) is 9.80. The van der Waals surface area contributed by atoms with Gasteiger partial charge in [0.25, 0.3) is 0 Å². The Bertz CT molecular complexity index is 465. The van der Waals surface area contributed by atoms with Crippen LogP contribution in [-0.4, -0.2) is 34.5 Å². The summed E-state index contributed by atoms with van der Waals surface area (Å²) in [5.74, 6) is 0.203. The fraction of sp³-hybridized carbons (Fsp3) is 0.588. The van der Waals surface area contributed by atoms with Gasteiger partial charge in [-0.05, 0) is 31.6 Å². The molecule has 3 nitrogen and oxygen atoms in total. The fourth-order valence-electron chi connectivity index (χ4n) is 3.00. The molecule has 1 N–H and O–H groups in total. The summed E-state index contributed by atoms with van der Waals surface area (Å²) < 4.78 is 0.164. The number of hydrogen-bond acceptors (Lipinski definition) is 3. The Morgan fingerprint density at radius 2 is 1.86 bits per heavy atom. The zero-order valence-electron chi connectivity index (χ0n) is 13.4. The quantitative estimate of drug-likeness (QED) is 0.874. The van der Waals surface area contributed by atoms with Crippen LogP contribution in [0.5, 0.6) is 0 Å². The molecule has 2 unspecified atom stereocenters. The molecule has 1 amide bonds. The number of carbonyl (C=O) groups is 1. The summed E-state index contributed by atoms with van der Waals surface area (Å²) in [4.78, 5) is 14.8. The van der Waals surface area contributed by atoms with Crippen molar-refractivity contribution in [2.45, 2.75) is 50.6 Å². The second kappa shape index (κ2) is 6.84. The van der Waals surface area contributed by atoms with Gasteiger partial charge in [-0.2, -0.15) is 11.8 Å². The highest BCUT2D eigenvalue weighted by Gasteiger charge is 2.41. The smallest absolute Gasteiger partial charge is 0.245 e. The van der Waals surface area contributed by atoms with Gasteiger partial charge in [0.05, 0.1) is 6.17 Å². The van der Waals surface area contributed by atoms with Crippen LogP contribution in [0.2, 0.25) is 0 Å². The van der Waals surface area contributed by atoms with Crippen molar-refractivity contribution in [3.05, 3.63) is 35.9 Å². The number of rotatable bonds is 6. The average molecular weight is 306 g/mol. The van der Waals surface area contributed by atoms with Gasteiger partial charge in [0.15, 0.2) is 0 Å². The van der Waals surface area contributed by atoms with Crippen LogP contribution in [0.1, 0.15) is 45.2 Å². The molecule has 4 heteroatoms. The van der Waals surface area contributed by atoms with E-state index in [1.807, 2.05) is 47.0 Å². The molecule has 1 aromatic carbocycles. The second-order valence-corrected chi connectivity index (χ2v) is 7.02. The Balaban J connectivity index is 2.17. The van der Waals surface area contributed by atoms with Gasteiger partial charge in [0.2, 0.25) is 5.91 Å². The van der Waals surface area contributed by atoms with Gasteiger partial charge in [0.1, 0.15) is 6.04 Å². The molecule has 1 fully saturated rings. The van der Waals surface area contributed by atoms with Gasteiger partial charge in [-0.15, -0.1) is 0 Å². The van der Waals surface area contributed by atoms with Crippen LogP contribution >= 0.6 is 11.8 Å². The van der Waals surface area contributed by atoms with Crippen LogP contribution in [-0.2, 0) is 4.79 Å². The minimum absolute atomic E-state index is 0.0901. The van der Waals surface area contributed by atoms with Crippen LogP contribution in [0.3, 0.4) is 0 Å². The molecule has 0 radical (unpaired) electrons. The van der Waals surface area contributed by atoms with Crippen molar-refractivity contribution in [1.29, 1.82) is 0 Å². The molecule has 0 spiro atoms. The van der Waals surface area contributed by atoms with Crippen molar-refractivity contribution in [3.8, 4) is 0 Å². The number of thioether (sulfide) groups is 1. The minimum Gasteiger partial charge on any atom is -0.324 e. The van der Waals surface area contributed by atoms with Gasteiger partial charge in [-0.1, -0.05) is 44.2 Å². The van der Waals surface area contributed by atoms with Gasteiger partial charge in [-0.25, -0.2) is 0 Å². The molecule has 0 saturated carbocycles. The van der Waals surface area contributed by atoms with Crippen LogP contribution in [0, 0.1) is 0 Å².